The second-order valence-corrected chi connectivity index (χ2v) is 6.08. The number of rotatable bonds is 8. The molecule has 1 aliphatic rings. The maximum absolute atomic E-state index is 6.04. The van der Waals surface area contributed by atoms with E-state index in [0.29, 0.717) is 6.61 Å². The molecule has 134 valence electrons. The van der Waals surface area contributed by atoms with E-state index in [1.54, 1.807) is 20.4 Å². The highest BCUT2D eigenvalue weighted by Crippen LogP contribution is 2.37. The summed E-state index contributed by atoms with van der Waals surface area (Å²) >= 11 is 0. The minimum atomic E-state index is -0.132. The molecule has 0 unspecified atom stereocenters. The van der Waals surface area contributed by atoms with E-state index in [4.69, 9.17) is 18.9 Å². The number of nitrogens with zero attached hydrogens (tertiary/aromatic N) is 1. The van der Waals surface area contributed by atoms with Gasteiger partial charge < -0.3 is 18.9 Å². The van der Waals surface area contributed by atoms with Crippen molar-refractivity contribution in [2.24, 2.45) is 0 Å². The van der Waals surface area contributed by atoms with Crippen LogP contribution >= 0.6 is 0 Å². The lowest BCUT2D eigenvalue weighted by atomic mass is 10.1. The summed E-state index contributed by atoms with van der Waals surface area (Å²) in [6.45, 7) is 0.693. The Kier molecular flexibility index (Phi) is 6.25. The number of methoxy groups -OCH3 is 2. The molecule has 2 aromatic rings. The highest BCUT2D eigenvalue weighted by Gasteiger charge is 2.27. The fourth-order valence-electron chi connectivity index (χ4n) is 3.06. The van der Waals surface area contributed by atoms with Gasteiger partial charge in [0, 0.05) is 18.8 Å². The van der Waals surface area contributed by atoms with E-state index < -0.39 is 0 Å². The molecule has 2 atom stereocenters. The van der Waals surface area contributed by atoms with Crippen LogP contribution < -0.4 is 9.47 Å². The van der Waals surface area contributed by atoms with Crippen molar-refractivity contribution < 1.29 is 18.9 Å². The molecule has 0 spiro atoms. The molecule has 0 amide bonds. The lowest BCUT2D eigenvalue weighted by Crippen LogP contribution is -2.13. The minimum absolute atomic E-state index is 0.0446. The van der Waals surface area contributed by atoms with Gasteiger partial charge in [0.15, 0.2) is 17.8 Å². The van der Waals surface area contributed by atoms with E-state index in [-0.39, 0.29) is 12.4 Å². The molecular formula is C20H25NO4. The van der Waals surface area contributed by atoms with Gasteiger partial charge in [-0.15, -0.1) is 0 Å². The Morgan fingerprint density at radius 2 is 2.00 bits per heavy atom. The van der Waals surface area contributed by atoms with Crippen LogP contribution in [0.2, 0.25) is 0 Å². The molecule has 5 nitrogen and oxygen atoms in total. The van der Waals surface area contributed by atoms with E-state index >= 15 is 0 Å². The molecule has 2 heterocycles. The summed E-state index contributed by atoms with van der Waals surface area (Å²) in [7, 11) is 3.28. The molecule has 0 saturated carbocycles. The van der Waals surface area contributed by atoms with Crippen molar-refractivity contribution in [3.8, 4) is 11.5 Å². The van der Waals surface area contributed by atoms with Crippen LogP contribution in [-0.4, -0.2) is 32.1 Å². The zero-order chi connectivity index (χ0) is 17.5. The van der Waals surface area contributed by atoms with Crippen molar-refractivity contribution in [1.29, 1.82) is 0 Å². The SMILES string of the molecule is COc1ccc([C@H]2CC[C@@H](OCCCc3cccnc3)O2)cc1OC. The Hall–Kier alpha value is -2.11. The summed E-state index contributed by atoms with van der Waals surface area (Å²) in [5.74, 6) is 1.46. The molecule has 0 bridgehead atoms. The number of aryl methyl sites for hydroxylation is 1. The number of hydrogen-bond acceptors (Lipinski definition) is 5. The first-order valence-electron chi connectivity index (χ1n) is 8.68. The summed E-state index contributed by atoms with van der Waals surface area (Å²) in [6, 6.07) is 9.97. The average Bonchev–Trinajstić information content (AvgIpc) is 3.14. The smallest absolute Gasteiger partial charge is 0.161 e. The Labute approximate surface area is 148 Å². The Morgan fingerprint density at radius 1 is 1.12 bits per heavy atom. The number of pyridine rings is 1. The number of hydrogen-bond donors (Lipinski definition) is 0. The summed E-state index contributed by atoms with van der Waals surface area (Å²) < 4.78 is 22.6. The second kappa shape index (κ2) is 8.83. The minimum Gasteiger partial charge on any atom is -0.493 e. The van der Waals surface area contributed by atoms with Crippen molar-refractivity contribution >= 4 is 0 Å². The number of ether oxygens (including phenoxy) is 4. The van der Waals surface area contributed by atoms with Gasteiger partial charge in [0.2, 0.25) is 0 Å². The predicted octanol–water partition coefficient (Wildman–Crippen LogP) is 3.93. The second-order valence-electron chi connectivity index (χ2n) is 6.08. The molecule has 1 fully saturated rings. The van der Waals surface area contributed by atoms with Gasteiger partial charge in [-0.3, -0.25) is 4.98 Å². The third-order valence-electron chi connectivity index (χ3n) is 4.40. The van der Waals surface area contributed by atoms with Crippen LogP contribution in [0.25, 0.3) is 0 Å². The third kappa shape index (κ3) is 4.71. The van der Waals surface area contributed by atoms with Gasteiger partial charge in [-0.25, -0.2) is 0 Å². The normalized spacial score (nSPS) is 19.8. The fraction of sp³-hybridized carbons (Fsp3) is 0.450. The molecule has 1 aliphatic heterocycles. The van der Waals surface area contributed by atoms with Gasteiger partial charge in [0.05, 0.1) is 26.9 Å². The first kappa shape index (κ1) is 17.7. The van der Waals surface area contributed by atoms with Crippen LogP contribution in [0.5, 0.6) is 11.5 Å². The highest BCUT2D eigenvalue weighted by atomic mass is 16.7. The lowest BCUT2D eigenvalue weighted by molar-refractivity contribution is -0.135. The van der Waals surface area contributed by atoms with Crippen molar-refractivity contribution in [3.63, 3.8) is 0 Å². The number of aromatic nitrogens is 1. The van der Waals surface area contributed by atoms with E-state index in [9.17, 15) is 0 Å². The monoisotopic (exact) mass is 343 g/mol. The summed E-state index contributed by atoms with van der Waals surface area (Å²) in [5, 5.41) is 0. The van der Waals surface area contributed by atoms with Crippen molar-refractivity contribution in [1.82, 2.24) is 4.98 Å². The fourth-order valence-corrected chi connectivity index (χ4v) is 3.06. The van der Waals surface area contributed by atoms with E-state index in [1.807, 2.05) is 30.5 Å². The molecule has 5 heteroatoms. The van der Waals surface area contributed by atoms with Crippen LogP contribution in [0.1, 0.15) is 36.5 Å². The molecular weight excluding hydrogens is 318 g/mol. The third-order valence-corrected chi connectivity index (χ3v) is 4.40. The van der Waals surface area contributed by atoms with E-state index in [1.165, 1.54) is 5.56 Å². The first-order valence-corrected chi connectivity index (χ1v) is 8.68. The van der Waals surface area contributed by atoms with Gasteiger partial charge in [-0.1, -0.05) is 12.1 Å². The standard InChI is InChI=1S/C20H25NO4/c1-22-18-8-7-16(13-19(18)23-2)17-9-10-20(25-17)24-12-4-6-15-5-3-11-21-14-15/h3,5,7-8,11,13-14,17,20H,4,6,9-10,12H2,1-2H3/t17-,20+/m1/s1. The van der Waals surface area contributed by atoms with Crippen molar-refractivity contribution in [2.45, 2.75) is 38.1 Å². The Morgan fingerprint density at radius 3 is 2.76 bits per heavy atom. The molecule has 25 heavy (non-hydrogen) atoms. The maximum Gasteiger partial charge on any atom is 0.161 e. The number of benzene rings is 1. The highest BCUT2D eigenvalue weighted by molar-refractivity contribution is 5.43. The lowest BCUT2D eigenvalue weighted by Gasteiger charge is -2.16. The largest absolute Gasteiger partial charge is 0.493 e. The van der Waals surface area contributed by atoms with Gasteiger partial charge in [0.1, 0.15) is 0 Å². The van der Waals surface area contributed by atoms with Crippen LogP contribution in [0.4, 0.5) is 0 Å². The van der Waals surface area contributed by atoms with Crippen LogP contribution in [0.3, 0.4) is 0 Å². The molecule has 3 rings (SSSR count). The van der Waals surface area contributed by atoms with E-state index in [0.717, 1.165) is 42.7 Å². The molecule has 1 aromatic carbocycles. The molecule has 0 aliphatic carbocycles. The van der Waals surface area contributed by atoms with E-state index in [2.05, 4.69) is 11.1 Å². The van der Waals surface area contributed by atoms with Gasteiger partial charge >= 0.3 is 0 Å². The maximum atomic E-state index is 6.04. The Bertz CT molecular complexity index is 662. The van der Waals surface area contributed by atoms with Crippen LogP contribution in [-0.2, 0) is 15.9 Å². The molecule has 0 radical (unpaired) electrons. The molecule has 0 N–H and O–H groups in total. The van der Waals surface area contributed by atoms with Crippen molar-refractivity contribution in [3.05, 3.63) is 53.9 Å². The predicted molar refractivity (Wildman–Crippen MR) is 94.9 cm³/mol. The van der Waals surface area contributed by atoms with Gasteiger partial charge in [-0.05, 0) is 48.6 Å². The molecule has 1 aromatic heterocycles. The topological polar surface area (TPSA) is 49.8 Å². The summed E-state index contributed by atoms with van der Waals surface area (Å²) in [6.07, 6.45) is 7.40. The quantitative estimate of drug-likeness (QED) is 0.680. The van der Waals surface area contributed by atoms with Crippen LogP contribution in [0.15, 0.2) is 42.7 Å². The Balaban J connectivity index is 1.45. The van der Waals surface area contributed by atoms with Crippen molar-refractivity contribution in [2.75, 3.05) is 20.8 Å². The summed E-state index contributed by atoms with van der Waals surface area (Å²) in [5.41, 5.74) is 2.33. The zero-order valence-corrected chi connectivity index (χ0v) is 14.8. The van der Waals surface area contributed by atoms with Gasteiger partial charge in [-0.2, -0.15) is 0 Å². The average molecular weight is 343 g/mol. The van der Waals surface area contributed by atoms with Crippen LogP contribution in [0, 0.1) is 0 Å². The summed E-state index contributed by atoms with van der Waals surface area (Å²) in [4.78, 5) is 4.13. The van der Waals surface area contributed by atoms with Gasteiger partial charge in [0.25, 0.3) is 0 Å². The first-order chi connectivity index (χ1) is 12.3. The zero-order valence-electron chi connectivity index (χ0n) is 14.8. The molecule has 1 saturated heterocycles.